The Hall–Kier alpha value is -2.58. The Balaban J connectivity index is 1.50. The molecule has 1 aromatic carbocycles. The number of hydrogen-bond donors (Lipinski definition) is 0. The molecule has 2 aromatic heterocycles. The molecule has 7 nitrogen and oxygen atoms in total. The summed E-state index contributed by atoms with van der Waals surface area (Å²) in [6.07, 6.45) is 4.48. The highest BCUT2D eigenvalue weighted by Gasteiger charge is 2.29. The van der Waals surface area contributed by atoms with E-state index in [4.69, 9.17) is 19.9 Å². The van der Waals surface area contributed by atoms with Crippen molar-refractivity contribution in [2.45, 2.75) is 32.2 Å². The molecule has 0 amide bonds. The number of benzene rings is 1. The minimum absolute atomic E-state index is 0.467. The normalized spacial score (nSPS) is 18.2. The molecule has 2 fully saturated rings. The summed E-state index contributed by atoms with van der Waals surface area (Å²) in [5.41, 5.74) is 1.25. The second-order valence-electron chi connectivity index (χ2n) is 8.21. The third-order valence-electron chi connectivity index (χ3n) is 5.58. The van der Waals surface area contributed by atoms with Crippen molar-refractivity contribution in [3.05, 3.63) is 57.6 Å². The van der Waals surface area contributed by atoms with Gasteiger partial charge in [-0.05, 0) is 32.4 Å². The number of likely N-dealkylation sites (N-methyl/N-ethyl adjacent to an activating group) is 1. The summed E-state index contributed by atoms with van der Waals surface area (Å²) in [7, 11) is 2.16. The van der Waals surface area contributed by atoms with E-state index in [0.717, 1.165) is 62.1 Å². The van der Waals surface area contributed by atoms with Gasteiger partial charge in [-0.1, -0.05) is 30.3 Å². The lowest BCUT2D eigenvalue weighted by Crippen LogP contribution is -2.45. The summed E-state index contributed by atoms with van der Waals surface area (Å²) in [4.78, 5) is 25.9. The third-order valence-corrected chi connectivity index (χ3v) is 6.52. The van der Waals surface area contributed by atoms with Crippen LogP contribution >= 0.6 is 11.3 Å². The van der Waals surface area contributed by atoms with Crippen LogP contribution in [-0.2, 0) is 6.54 Å². The van der Waals surface area contributed by atoms with Gasteiger partial charge in [-0.2, -0.15) is 19.9 Å². The number of aryl methyl sites for hydroxylation is 1. The molecule has 0 N–H and O–H groups in total. The molecule has 3 heterocycles. The van der Waals surface area contributed by atoms with Crippen LogP contribution < -0.4 is 9.70 Å². The molecule has 5 rings (SSSR count). The van der Waals surface area contributed by atoms with Gasteiger partial charge in [0, 0.05) is 49.7 Å². The average Bonchev–Trinajstić information content (AvgIpc) is 3.54. The maximum atomic E-state index is 4.88. The Kier molecular flexibility index (Phi) is 5.35. The SMILES string of the molecule is Cc1cn(Cc2ccccc2)c(=Nc2nc(C3CC3)nc(N3CCN(C)CC3)n2)s1. The molecular formula is C22H27N7S. The number of thiazole rings is 1. The van der Waals surface area contributed by atoms with E-state index in [9.17, 15) is 0 Å². The molecule has 0 spiro atoms. The van der Waals surface area contributed by atoms with E-state index in [1.54, 1.807) is 11.3 Å². The molecule has 0 unspecified atom stereocenters. The lowest BCUT2D eigenvalue weighted by Gasteiger charge is -2.32. The Labute approximate surface area is 180 Å². The maximum Gasteiger partial charge on any atom is 0.257 e. The largest absolute Gasteiger partial charge is 0.338 e. The quantitative estimate of drug-likeness (QED) is 0.634. The predicted octanol–water partition coefficient (Wildman–Crippen LogP) is 2.95. The van der Waals surface area contributed by atoms with E-state index in [-0.39, 0.29) is 0 Å². The minimum Gasteiger partial charge on any atom is -0.338 e. The van der Waals surface area contributed by atoms with Gasteiger partial charge in [0.25, 0.3) is 5.95 Å². The second kappa shape index (κ2) is 8.28. The topological polar surface area (TPSA) is 62.4 Å². The lowest BCUT2D eigenvalue weighted by atomic mass is 10.2. The molecule has 3 aromatic rings. The third kappa shape index (κ3) is 4.44. The van der Waals surface area contributed by atoms with Crippen LogP contribution in [0.2, 0.25) is 0 Å². The Morgan fingerprint density at radius 3 is 2.53 bits per heavy atom. The number of anilines is 1. The minimum atomic E-state index is 0.467. The number of rotatable bonds is 5. The monoisotopic (exact) mass is 421 g/mol. The van der Waals surface area contributed by atoms with Crippen LogP contribution in [0.3, 0.4) is 0 Å². The standard InChI is InChI=1S/C22H27N7S/c1-16-14-29(15-17-6-4-3-5-7-17)22(30-16)26-20-23-19(18-8-9-18)24-21(25-20)28-12-10-27(2)11-13-28/h3-7,14,18H,8-13,15H2,1-2H3. The molecule has 1 saturated heterocycles. The summed E-state index contributed by atoms with van der Waals surface area (Å²) >= 11 is 1.68. The maximum absolute atomic E-state index is 4.88. The molecule has 8 heteroatoms. The van der Waals surface area contributed by atoms with E-state index in [2.05, 4.69) is 58.8 Å². The number of nitrogens with zero attached hydrogens (tertiary/aromatic N) is 7. The van der Waals surface area contributed by atoms with Gasteiger partial charge < -0.3 is 14.4 Å². The fourth-order valence-corrected chi connectivity index (χ4v) is 4.49. The number of aromatic nitrogens is 4. The van der Waals surface area contributed by atoms with Gasteiger partial charge in [-0.25, -0.2) is 0 Å². The molecule has 30 heavy (non-hydrogen) atoms. The van der Waals surface area contributed by atoms with Crippen molar-refractivity contribution in [1.82, 2.24) is 24.4 Å². The highest BCUT2D eigenvalue weighted by atomic mass is 32.1. The zero-order chi connectivity index (χ0) is 20.5. The van der Waals surface area contributed by atoms with Crippen molar-refractivity contribution in [1.29, 1.82) is 0 Å². The zero-order valence-electron chi connectivity index (χ0n) is 17.5. The van der Waals surface area contributed by atoms with Crippen molar-refractivity contribution in [2.24, 2.45) is 4.99 Å². The summed E-state index contributed by atoms with van der Waals surface area (Å²) in [5.74, 6) is 2.68. The molecule has 2 aliphatic rings. The molecule has 1 aliphatic heterocycles. The van der Waals surface area contributed by atoms with Crippen LogP contribution in [0.5, 0.6) is 0 Å². The summed E-state index contributed by atoms with van der Waals surface area (Å²) < 4.78 is 2.19. The molecule has 0 radical (unpaired) electrons. The lowest BCUT2D eigenvalue weighted by molar-refractivity contribution is 0.311. The fraction of sp³-hybridized carbons (Fsp3) is 0.455. The summed E-state index contributed by atoms with van der Waals surface area (Å²) in [5, 5.41) is 0. The first kappa shape index (κ1) is 19.4. The average molecular weight is 422 g/mol. The van der Waals surface area contributed by atoms with Crippen LogP contribution in [0.25, 0.3) is 0 Å². The molecular weight excluding hydrogens is 394 g/mol. The molecule has 156 valence electrons. The highest BCUT2D eigenvalue weighted by Crippen LogP contribution is 2.38. The van der Waals surface area contributed by atoms with Gasteiger partial charge >= 0.3 is 0 Å². The van der Waals surface area contributed by atoms with Crippen molar-refractivity contribution >= 4 is 23.2 Å². The zero-order valence-corrected chi connectivity index (χ0v) is 18.3. The predicted molar refractivity (Wildman–Crippen MR) is 119 cm³/mol. The Morgan fingerprint density at radius 2 is 1.80 bits per heavy atom. The molecule has 0 bridgehead atoms. The van der Waals surface area contributed by atoms with E-state index in [1.165, 1.54) is 10.4 Å². The van der Waals surface area contributed by atoms with E-state index >= 15 is 0 Å². The summed E-state index contributed by atoms with van der Waals surface area (Å²) in [6.45, 7) is 6.84. The van der Waals surface area contributed by atoms with Crippen LogP contribution in [0.15, 0.2) is 41.5 Å². The van der Waals surface area contributed by atoms with E-state index in [0.29, 0.717) is 11.9 Å². The van der Waals surface area contributed by atoms with Gasteiger partial charge in [0.05, 0.1) is 0 Å². The van der Waals surface area contributed by atoms with Crippen LogP contribution in [0.4, 0.5) is 11.9 Å². The van der Waals surface area contributed by atoms with Gasteiger partial charge in [0.2, 0.25) is 5.95 Å². The van der Waals surface area contributed by atoms with Crippen LogP contribution in [0, 0.1) is 6.92 Å². The second-order valence-corrected chi connectivity index (χ2v) is 9.42. The fourth-order valence-electron chi connectivity index (χ4n) is 3.66. The number of hydrogen-bond acceptors (Lipinski definition) is 7. The van der Waals surface area contributed by atoms with Gasteiger partial charge in [0.15, 0.2) is 4.80 Å². The first-order chi connectivity index (χ1) is 14.6. The summed E-state index contributed by atoms with van der Waals surface area (Å²) in [6, 6.07) is 10.5. The van der Waals surface area contributed by atoms with Crippen molar-refractivity contribution < 1.29 is 0 Å². The first-order valence-corrected chi connectivity index (χ1v) is 11.4. The molecule has 1 saturated carbocycles. The molecule has 1 aliphatic carbocycles. The van der Waals surface area contributed by atoms with Gasteiger partial charge in [-0.3, -0.25) is 0 Å². The van der Waals surface area contributed by atoms with Gasteiger partial charge in [-0.15, -0.1) is 11.3 Å². The molecule has 0 atom stereocenters. The van der Waals surface area contributed by atoms with Gasteiger partial charge in [0.1, 0.15) is 5.82 Å². The Morgan fingerprint density at radius 1 is 1.03 bits per heavy atom. The Bertz CT molecular complexity index is 1080. The van der Waals surface area contributed by atoms with Crippen molar-refractivity contribution in [2.75, 3.05) is 38.1 Å². The van der Waals surface area contributed by atoms with E-state index < -0.39 is 0 Å². The highest BCUT2D eigenvalue weighted by molar-refractivity contribution is 7.09. The van der Waals surface area contributed by atoms with Crippen molar-refractivity contribution in [3.8, 4) is 0 Å². The van der Waals surface area contributed by atoms with Crippen molar-refractivity contribution in [3.63, 3.8) is 0 Å². The first-order valence-electron chi connectivity index (χ1n) is 10.6. The van der Waals surface area contributed by atoms with Crippen LogP contribution in [-0.4, -0.2) is 57.6 Å². The number of piperazine rings is 1. The van der Waals surface area contributed by atoms with E-state index in [1.807, 2.05) is 6.07 Å². The van der Waals surface area contributed by atoms with Crippen LogP contribution in [0.1, 0.15) is 35.0 Å². The smallest absolute Gasteiger partial charge is 0.257 e.